The van der Waals surface area contributed by atoms with Crippen LogP contribution in [-0.2, 0) is 25.4 Å². The number of carbonyl (C=O) groups is 1. The first-order valence-corrected chi connectivity index (χ1v) is 13.4. The summed E-state index contributed by atoms with van der Waals surface area (Å²) >= 11 is 0. The Balaban J connectivity index is 1.66. The summed E-state index contributed by atoms with van der Waals surface area (Å²) in [7, 11) is 1.22. The van der Waals surface area contributed by atoms with Gasteiger partial charge in [0.25, 0.3) is 11.5 Å². The van der Waals surface area contributed by atoms with E-state index in [0.29, 0.717) is 46.7 Å². The Morgan fingerprint density at radius 3 is 2.30 bits per heavy atom. The van der Waals surface area contributed by atoms with E-state index in [1.54, 1.807) is 42.5 Å². The fourth-order valence-corrected chi connectivity index (χ4v) is 5.16. The molecule has 226 valence electrons. The Morgan fingerprint density at radius 2 is 1.65 bits per heavy atom. The molecule has 43 heavy (non-hydrogen) atoms. The SMILES string of the molecule is CCCOc1cccc(-c2c(C(=O)N(C)Cc3cc(C(F)(F)F)cc(C(F)(F)F)c3)c(=O)n3c4c(cccc24)OCC3)c1. The van der Waals surface area contributed by atoms with Crippen LogP contribution in [0.15, 0.2) is 65.5 Å². The maximum atomic E-state index is 14.0. The standard InChI is InChI=1S/C31H26F6N2O4/c1-3-11-42-22-7-4-6-19(15-22)25-23-8-5-9-24-27(23)39(10-12-43-24)29(41)26(25)28(40)38(2)17-18-13-20(30(32,33)34)16-21(14-18)31(35,36)37/h4-9,13-16H,3,10-12,17H2,1-2H3. The van der Waals surface area contributed by atoms with Crippen molar-refractivity contribution >= 4 is 16.8 Å². The lowest BCUT2D eigenvalue weighted by atomic mass is 9.94. The van der Waals surface area contributed by atoms with Crippen LogP contribution in [-0.4, -0.2) is 35.6 Å². The molecule has 0 spiro atoms. The minimum absolute atomic E-state index is 0.0250. The molecule has 1 aliphatic rings. The van der Waals surface area contributed by atoms with Gasteiger partial charge in [0.1, 0.15) is 23.7 Å². The lowest BCUT2D eigenvalue weighted by molar-refractivity contribution is -0.143. The molecule has 4 aromatic rings. The second-order valence-corrected chi connectivity index (χ2v) is 10.2. The molecule has 1 aliphatic heterocycles. The van der Waals surface area contributed by atoms with Gasteiger partial charge in [0.2, 0.25) is 0 Å². The molecule has 12 heteroatoms. The zero-order valence-corrected chi connectivity index (χ0v) is 23.1. The zero-order valence-electron chi connectivity index (χ0n) is 23.1. The van der Waals surface area contributed by atoms with Crippen LogP contribution in [0.5, 0.6) is 11.5 Å². The molecule has 2 heterocycles. The molecule has 0 bridgehead atoms. The fourth-order valence-electron chi connectivity index (χ4n) is 5.16. The molecule has 1 aromatic heterocycles. The summed E-state index contributed by atoms with van der Waals surface area (Å²) in [6.07, 6.45) is -9.35. The summed E-state index contributed by atoms with van der Waals surface area (Å²) in [6.45, 7) is 2.05. The Labute approximate surface area is 242 Å². The van der Waals surface area contributed by atoms with E-state index in [-0.39, 0.29) is 30.3 Å². The van der Waals surface area contributed by atoms with Crippen molar-refractivity contribution in [2.75, 3.05) is 20.3 Å². The molecule has 0 saturated carbocycles. The number of ether oxygens (including phenoxy) is 2. The maximum Gasteiger partial charge on any atom is 0.416 e. The van der Waals surface area contributed by atoms with Crippen molar-refractivity contribution in [3.63, 3.8) is 0 Å². The third-order valence-corrected chi connectivity index (χ3v) is 7.04. The quantitative estimate of drug-likeness (QED) is 0.210. The van der Waals surface area contributed by atoms with E-state index in [9.17, 15) is 35.9 Å². The predicted octanol–water partition coefficient (Wildman–Crippen LogP) is 7.16. The molecule has 0 saturated heterocycles. The highest BCUT2D eigenvalue weighted by molar-refractivity contribution is 6.10. The van der Waals surface area contributed by atoms with Crippen LogP contribution < -0.4 is 15.0 Å². The topological polar surface area (TPSA) is 60.8 Å². The second kappa shape index (κ2) is 11.3. The molecule has 0 fully saturated rings. The van der Waals surface area contributed by atoms with Gasteiger partial charge in [0, 0.05) is 24.5 Å². The monoisotopic (exact) mass is 604 g/mol. The first-order chi connectivity index (χ1) is 20.3. The number of hydrogen-bond acceptors (Lipinski definition) is 4. The van der Waals surface area contributed by atoms with E-state index in [0.717, 1.165) is 11.3 Å². The van der Waals surface area contributed by atoms with Crippen LogP contribution in [0.25, 0.3) is 22.0 Å². The van der Waals surface area contributed by atoms with Crippen molar-refractivity contribution in [2.45, 2.75) is 38.8 Å². The Bertz CT molecular complexity index is 1730. The van der Waals surface area contributed by atoms with Gasteiger partial charge in [0.15, 0.2) is 0 Å². The molecular formula is C31H26F6N2O4. The summed E-state index contributed by atoms with van der Waals surface area (Å²) in [5.41, 5.74) is -3.12. The lowest BCUT2D eigenvalue weighted by Gasteiger charge is -2.25. The smallest absolute Gasteiger partial charge is 0.416 e. The van der Waals surface area contributed by atoms with Gasteiger partial charge in [-0.25, -0.2) is 0 Å². The summed E-state index contributed by atoms with van der Waals surface area (Å²) in [6, 6.07) is 13.1. The number of carbonyl (C=O) groups excluding carboxylic acids is 1. The van der Waals surface area contributed by atoms with Gasteiger partial charge in [-0.2, -0.15) is 26.3 Å². The number of benzene rings is 3. The summed E-state index contributed by atoms with van der Waals surface area (Å²) in [5.74, 6) is 0.0662. The zero-order chi connectivity index (χ0) is 31.1. The minimum atomic E-state index is -5.05. The van der Waals surface area contributed by atoms with Crippen molar-refractivity contribution in [1.29, 1.82) is 0 Å². The minimum Gasteiger partial charge on any atom is -0.494 e. The van der Waals surface area contributed by atoms with Gasteiger partial charge in [-0.05, 0) is 53.9 Å². The van der Waals surface area contributed by atoms with Crippen LogP contribution in [0.2, 0.25) is 0 Å². The fraction of sp³-hybridized carbons (Fsp3) is 0.290. The molecule has 6 nitrogen and oxygen atoms in total. The highest BCUT2D eigenvalue weighted by atomic mass is 19.4. The van der Waals surface area contributed by atoms with E-state index >= 15 is 0 Å². The Morgan fingerprint density at radius 1 is 0.977 bits per heavy atom. The number of rotatable bonds is 7. The highest BCUT2D eigenvalue weighted by Crippen LogP contribution is 2.39. The van der Waals surface area contributed by atoms with Crippen molar-refractivity contribution in [2.24, 2.45) is 0 Å². The lowest BCUT2D eigenvalue weighted by Crippen LogP contribution is -2.37. The molecule has 0 aliphatic carbocycles. The van der Waals surface area contributed by atoms with Gasteiger partial charge < -0.3 is 18.9 Å². The van der Waals surface area contributed by atoms with Crippen LogP contribution in [0.4, 0.5) is 26.3 Å². The number of hydrogen-bond donors (Lipinski definition) is 0. The maximum absolute atomic E-state index is 14.0. The van der Waals surface area contributed by atoms with Crippen LogP contribution >= 0.6 is 0 Å². The molecule has 0 N–H and O–H groups in total. The third-order valence-electron chi connectivity index (χ3n) is 7.04. The van der Waals surface area contributed by atoms with E-state index < -0.39 is 47.1 Å². The van der Waals surface area contributed by atoms with Crippen LogP contribution in [0.3, 0.4) is 0 Å². The summed E-state index contributed by atoms with van der Waals surface area (Å²) in [4.78, 5) is 28.9. The molecular weight excluding hydrogens is 578 g/mol. The van der Waals surface area contributed by atoms with Crippen molar-refractivity contribution in [3.05, 3.63) is 93.3 Å². The number of pyridine rings is 1. The van der Waals surface area contributed by atoms with Gasteiger partial charge in [-0.15, -0.1) is 0 Å². The van der Waals surface area contributed by atoms with Crippen LogP contribution in [0.1, 0.15) is 40.4 Å². The molecule has 1 amide bonds. The summed E-state index contributed by atoms with van der Waals surface area (Å²) in [5, 5.41) is 0.514. The van der Waals surface area contributed by atoms with Gasteiger partial charge in [-0.3, -0.25) is 9.59 Å². The van der Waals surface area contributed by atoms with Crippen molar-refractivity contribution < 1.29 is 40.6 Å². The molecule has 5 rings (SSSR count). The first kappa shape index (κ1) is 30.0. The normalized spacial score (nSPS) is 13.1. The number of amides is 1. The van der Waals surface area contributed by atoms with Crippen molar-refractivity contribution in [1.82, 2.24) is 9.47 Å². The first-order valence-electron chi connectivity index (χ1n) is 13.4. The van der Waals surface area contributed by atoms with Crippen molar-refractivity contribution in [3.8, 4) is 22.6 Å². The molecule has 0 radical (unpaired) electrons. The third kappa shape index (κ3) is 5.91. The molecule has 0 atom stereocenters. The van der Waals surface area contributed by atoms with E-state index in [2.05, 4.69) is 0 Å². The predicted molar refractivity (Wildman–Crippen MR) is 147 cm³/mol. The number of para-hydroxylation sites is 1. The molecule has 0 unspecified atom stereocenters. The molecule has 3 aromatic carbocycles. The van der Waals surface area contributed by atoms with E-state index in [1.807, 2.05) is 6.92 Å². The highest BCUT2D eigenvalue weighted by Gasteiger charge is 2.37. The van der Waals surface area contributed by atoms with Gasteiger partial charge >= 0.3 is 12.4 Å². The number of aromatic nitrogens is 1. The average molecular weight is 605 g/mol. The van der Waals surface area contributed by atoms with Crippen LogP contribution in [0, 0.1) is 0 Å². The summed E-state index contributed by atoms with van der Waals surface area (Å²) < 4.78 is 93.7. The van der Waals surface area contributed by atoms with Gasteiger partial charge in [0.05, 0.1) is 29.8 Å². The number of halogens is 6. The second-order valence-electron chi connectivity index (χ2n) is 10.2. The number of alkyl halides is 6. The Kier molecular flexibility index (Phi) is 7.89. The Hall–Kier alpha value is -4.48. The number of nitrogens with zero attached hydrogens (tertiary/aromatic N) is 2. The largest absolute Gasteiger partial charge is 0.494 e. The van der Waals surface area contributed by atoms with E-state index in [1.165, 1.54) is 11.6 Å². The van der Waals surface area contributed by atoms with E-state index in [4.69, 9.17) is 9.47 Å². The van der Waals surface area contributed by atoms with Gasteiger partial charge in [-0.1, -0.05) is 31.2 Å². The average Bonchev–Trinajstić information content (AvgIpc) is 2.96.